The molecule has 0 saturated carbocycles. The van der Waals surface area contributed by atoms with E-state index in [-0.39, 0.29) is 5.92 Å². The van der Waals surface area contributed by atoms with Crippen molar-refractivity contribution in [3.63, 3.8) is 0 Å². The van der Waals surface area contributed by atoms with Crippen molar-refractivity contribution >= 4 is 9.84 Å². The molecule has 4 nitrogen and oxygen atoms in total. The van der Waals surface area contributed by atoms with Gasteiger partial charge in [0.1, 0.15) is 9.84 Å². The Hall–Kier alpha value is -0.600. The van der Waals surface area contributed by atoms with Crippen LogP contribution in [0.3, 0.4) is 0 Å². The molecule has 0 aromatic rings. The minimum Gasteiger partial charge on any atom is -0.328 e. The molecular weight excluding hydrogens is 224 g/mol. The van der Waals surface area contributed by atoms with Gasteiger partial charge in [-0.1, -0.05) is 13.8 Å². The lowest BCUT2D eigenvalue weighted by Gasteiger charge is -1.81. The zero-order valence-electron chi connectivity index (χ0n) is 10.7. The molecule has 0 spiro atoms. The normalized spacial score (nSPS) is 16.9. The van der Waals surface area contributed by atoms with E-state index in [1.165, 1.54) is 0 Å². The average Bonchev–Trinajstić information content (AvgIpc) is 2.50. The van der Waals surface area contributed by atoms with Gasteiger partial charge in [-0.2, -0.15) is 5.26 Å². The van der Waals surface area contributed by atoms with Crippen LogP contribution in [0.4, 0.5) is 0 Å². The van der Waals surface area contributed by atoms with Crippen molar-refractivity contribution in [1.82, 2.24) is 0 Å². The fourth-order valence-corrected chi connectivity index (χ4v) is 2.24. The van der Waals surface area contributed by atoms with Gasteiger partial charge in [0, 0.05) is 5.92 Å². The predicted octanol–water partition coefficient (Wildman–Crippen LogP) is 1.71. The van der Waals surface area contributed by atoms with E-state index in [9.17, 15) is 8.42 Å². The van der Waals surface area contributed by atoms with Crippen molar-refractivity contribution in [3.05, 3.63) is 0 Å². The molecule has 0 amide bonds. The summed E-state index contributed by atoms with van der Waals surface area (Å²) in [5.74, 6) is 1.04. The lowest BCUT2D eigenvalue weighted by molar-refractivity contribution is 0.602. The predicted molar refractivity (Wildman–Crippen MR) is 67.7 cm³/mol. The highest BCUT2D eigenvalue weighted by atomic mass is 32.2. The monoisotopic (exact) mass is 248 g/mol. The molecule has 2 N–H and O–H groups in total. The summed E-state index contributed by atoms with van der Waals surface area (Å²) in [6, 6.07) is 2.36. The second-order valence-electron chi connectivity index (χ2n) is 4.39. The molecule has 0 aromatic carbocycles. The quantitative estimate of drug-likeness (QED) is 0.707. The number of nitrogens with zero attached hydrogens (tertiary/aromatic N) is 1. The number of rotatable bonds is 0. The highest BCUT2D eigenvalue weighted by molar-refractivity contribution is 7.91. The van der Waals surface area contributed by atoms with E-state index in [0.29, 0.717) is 17.5 Å². The van der Waals surface area contributed by atoms with Crippen molar-refractivity contribution in [2.24, 2.45) is 11.7 Å². The van der Waals surface area contributed by atoms with Gasteiger partial charge in [0.25, 0.3) is 0 Å². The zero-order valence-corrected chi connectivity index (χ0v) is 11.5. The standard InChI is InChI=1S/C4H7N.C4H8O2S.C3H9N/c1-4(2)3-5;5-7(6)3-1-2-4-7;1-3(2)4/h4H,1-2H3;1-4H2;3H,4H2,1-2H3. The third kappa shape index (κ3) is 19.0. The van der Waals surface area contributed by atoms with E-state index in [2.05, 4.69) is 0 Å². The van der Waals surface area contributed by atoms with Gasteiger partial charge in [-0.3, -0.25) is 0 Å². The second kappa shape index (κ2) is 9.61. The molecule has 0 aliphatic carbocycles. The molecule has 16 heavy (non-hydrogen) atoms. The van der Waals surface area contributed by atoms with E-state index in [0.717, 1.165) is 12.8 Å². The van der Waals surface area contributed by atoms with Crippen LogP contribution in [0.25, 0.3) is 0 Å². The van der Waals surface area contributed by atoms with Crippen molar-refractivity contribution in [3.8, 4) is 6.07 Å². The molecule has 5 heteroatoms. The molecule has 96 valence electrons. The first-order chi connectivity index (χ1) is 7.21. The van der Waals surface area contributed by atoms with Gasteiger partial charge in [-0.05, 0) is 32.7 Å². The van der Waals surface area contributed by atoms with Crippen LogP contribution in [-0.4, -0.2) is 26.0 Å². The Bertz CT molecular complexity index is 275. The van der Waals surface area contributed by atoms with Gasteiger partial charge in [0.05, 0.1) is 17.6 Å². The molecule has 0 radical (unpaired) electrons. The number of nitrogens with two attached hydrogens (primary N) is 1. The Labute approximate surface area is 99.8 Å². The highest BCUT2D eigenvalue weighted by Gasteiger charge is 2.16. The summed E-state index contributed by atoms with van der Waals surface area (Å²) in [5.41, 5.74) is 5.11. The van der Waals surface area contributed by atoms with E-state index in [1.54, 1.807) is 0 Å². The van der Waals surface area contributed by atoms with Crippen LogP contribution in [0.1, 0.15) is 40.5 Å². The number of sulfone groups is 1. The molecule has 1 saturated heterocycles. The van der Waals surface area contributed by atoms with E-state index in [1.807, 2.05) is 33.8 Å². The van der Waals surface area contributed by atoms with Crippen molar-refractivity contribution < 1.29 is 8.42 Å². The van der Waals surface area contributed by atoms with Crippen molar-refractivity contribution in [2.45, 2.75) is 46.6 Å². The van der Waals surface area contributed by atoms with Crippen LogP contribution in [0.15, 0.2) is 0 Å². The maximum absolute atomic E-state index is 10.4. The SMILES string of the molecule is CC(C)C#N.CC(C)N.O=S1(=O)CCCC1. The van der Waals surface area contributed by atoms with Gasteiger partial charge in [-0.25, -0.2) is 8.42 Å². The average molecular weight is 248 g/mol. The Morgan fingerprint density at radius 2 is 1.38 bits per heavy atom. The summed E-state index contributed by atoms with van der Waals surface area (Å²) in [6.45, 7) is 7.61. The summed E-state index contributed by atoms with van der Waals surface area (Å²) < 4.78 is 20.9. The zero-order chi connectivity index (χ0) is 13.2. The first-order valence-corrected chi connectivity index (χ1v) is 7.39. The van der Waals surface area contributed by atoms with E-state index in [4.69, 9.17) is 11.0 Å². The molecule has 0 atom stereocenters. The van der Waals surface area contributed by atoms with Crippen LogP contribution >= 0.6 is 0 Å². The lowest BCUT2D eigenvalue weighted by Crippen LogP contribution is -2.06. The van der Waals surface area contributed by atoms with Gasteiger partial charge >= 0.3 is 0 Å². The fourth-order valence-electron chi connectivity index (χ4n) is 0.746. The maximum atomic E-state index is 10.4. The van der Waals surface area contributed by atoms with E-state index < -0.39 is 9.84 Å². The van der Waals surface area contributed by atoms with Crippen LogP contribution in [0, 0.1) is 17.2 Å². The Morgan fingerprint density at radius 1 is 1.12 bits per heavy atom. The summed E-state index contributed by atoms with van der Waals surface area (Å²) in [7, 11) is -2.55. The first-order valence-electron chi connectivity index (χ1n) is 5.57. The first kappa shape index (κ1) is 17.8. The third-order valence-electron chi connectivity index (χ3n) is 1.42. The van der Waals surface area contributed by atoms with Crippen LogP contribution in [-0.2, 0) is 9.84 Å². The summed E-state index contributed by atoms with van der Waals surface area (Å²) >= 11 is 0. The van der Waals surface area contributed by atoms with Gasteiger partial charge in [0.2, 0.25) is 0 Å². The molecular formula is C11H24N2O2S. The van der Waals surface area contributed by atoms with Gasteiger partial charge in [0.15, 0.2) is 0 Å². The van der Waals surface area contributed by atoms with Gasteiger partial charge in [-0.15, -0.1) is 0 Å². The molecule has 1 aliphatic heterocycles. The van der Waals surface area contributed by atoms with Crippen LogP contribution in [0.5, 0.6) is 0 Å². The molecule has 0 aromatic heterocycles. The molecule has 1 rings (SSSR count). The Balaban J connectivity index is 0. The lowest BCUT2D eigenvalue weighted by atomic mass is 10.3. The Kier molecular flexibility index (Phi) is 10.7. The molecule has 0 bridgehead atoms. The second-order valence-corrected chi connectivity index (χ2v) is 6.69. The number of hydrogen-bond donors (Lipinski definition) is 1. The van der Waals surface area contributed by atoms with Crippen molar-refractivity contribution in [1.29, 1.82) is 5.26 Å². The molecule has 0 unspecified atom stereocenters. The summed E-state index contributed by atoms with van der Waals surface area (Å²) in [6.07, 6.45) is 1.75. The number of nitriles is 1. The Morgan fingerprint density at radius 3 is 1.44 bits per heavy atom. The summed E-state index contributed by atoms with van der Waals surface area (Å²) in [4.78, 5) is 0. The highest BCUT2D eigenvalue weighted by Crippen LogP contribution is 2.08. The van der Waals surface area contributed by atoms with Crippen LogP contribution < -0.4 is 5.73 Å². The third-order valence-corrected chi connectivity index (χ3v) is 3.24. The molecule has 1 heterocycles. The minimum absolute atomic E-state index is 0.190. The largest absolute Gasteiger partial charge is 0.328 e. The van der Waals surface area contributed by atoms with Crippen LogP contribution in [0.2, 0.25) is 0 Å². The minimum atomic E-state index is -2.55. The van der Waals surface area contributed by atoms with Crippen molar-refractivity contribution in [2.75, 3.05) is 11.5 Å². The smallest absolute Gasteiger partial charge is 0.150 e. The maximum Gasteiger partial charge on any atom is 0.150 e. The summed E-state index contributed by atoms with van der Waals surface area (Å²) in [5, 5.41) is 7.89. The fraction of sp³-hybridized carbons (Fsp3) is 0.909. The van der Waals surface area contributed by atoms with E-state index >= 15 is 0 Å². The number of hydrogen-bond acceptors (Lipinski definition) is 4. The van der Waals surface area contributed by atoms with Gasteiger partial charge < -0.3 is 5.73 Å². The molecule has 1 fully saturated rings. The molecule has 1 aliphatic rings. The topological polar surface area (TPSA) is 83.9 Å².